The van der Waals surface area contributed by atoms with E-state index in [0.29, 0.717) is 24.1 Å². The quantitative estimate of drug-likeness (QED) is 0.739. The predicted molar refractivity (Wildman–Crippen MR) is 92.5 cm³/mol. The van der Waals surface area contributed by atoms with Crippen LogP contribution in [0.25, 0.3) is 11.4 Å². The maximum atomic E-state index is 12.1. The smallest absolute Gasteiger partial charge is 0.306 e. The molecule has 2 fully saturated rings. The van der Waals surface area contributed by atoms with E-state index in [-0.39, 0.29) is 12.6 Å². The van der Waals surface area contributed by atoms with Gasteiger partial charge in [0.2, 0.25) is 5.82 Å². The molecule has 1 heterocycles. The molecule has 1 aromatic carbocycles. The van der Waals surface area contributed by atoms with Crippen LogP contribution in [-0.4, -0.2) is 16.1 Å². The summed E-state index contributed by atoms with van der Waals surface area (Å²) in [6, 6.07) is 8.07. The number of hydrogen-bond acceptors (Lipinski definition) is 5. The van der Waals surface area contributed by atoms with Crippen LogP contribution in [0.2, 0.25) is 0 Å². The Morgan fingerprint density at radius 3 is 2.76 bits per heavy atom. The van der Waals surface area contributed by atoms with Gasteiger partial charge in [0, 0.05) is 12.0 Å². The van der Waals surface area contributed by atoms with Crippen molar-refractivity contribution in [2.24, 2.45) is 17.8 Å². The lowest BCUT2D eigenvalue weighted by atomic mass is 9.86. The van der Waals surface area contributed by atoms with Gasteiger partial charge in [0.25, 0.3) is 5.89 Å². The van der Waals surface area contributed by atoms with Gasteiger partial charge < -0.3 is 9.26 Å². The van der Waals surface area contributed by atoms with Gasteiger partial charge in [0.1, 0.15) is 0 Å². The molecule has 5 nitrogen and oxygen atoms in total. The fourth-order valence-corrected chi connectivity index (χ4v) is 4.36. The first-order valence-corrected chi connectivity index (χ1v) is 9.28. The minimum atomic E-state index is -0.149. The van der Waals surface area contributed by atoms with Crippen LogP contribution in [-0.2, 0) is 22.6 Å². The molecule has 0 N–H and O–H groups in total. The maximum absolute atomic E-state index is 12.1. The highest BCUT2D eigenvalue weighted by Gasteiger charge is 2.40. The van der Waals surface area contributed by atoms with Crippen molar-refractivity contribution in [2.45, 2.75) is 52.1 Å². The third-order valence-electron chi connectivity index (χ3n) is 5.76. The Kier molecular flexibility index (Phi) is 4.55. The Hall–Kier alpha value is -2.17. The molecule has 4 rings (SSSR count). The van der Waals surface area contributed by atoms with E-state index < -0.39 is 0 Å². The van der Waals surface area contributed by atoms with Crippen LogP contribution in [0.5, 0.6) is 0 Å². The zero-order chi connectivity index (χ0) is 17.2. The molecular formula is C20H24N2O3. The molecule has 0 spiro atoms. The number of carbonyl (C=O) groups is 1. The van der Waals surface area contributed by atoms with Crippen molar-refractivity contribution in [1.82, 2.24) is 10.1 Å². The molecular weight excluding hydrogens is 316 g/mol. The van der Waals surface area contributed by atoms with Crippen molar-refractivity contribution in [1.29, 1.82) is 0 Å². The predicted octanol–water partition coefficient (Wildman–Crippen LogP) is 4.17. The largest absolute Gasteiger partial charge is 0.456 e. The van der Waals surface area contributed by atoms with E-state index in [1.165, 1.54) is 31.2 Å². The first kappa shape index (κ1) is 16.3. The average Bonchev–Trinajstić information content (AvgIpc) is 3.37. The molecule has 2 aliphatic rings. The lowest BCUT2D eigenvalue weighted by molar-refractivity contribution is -0.147. The molecule has 0 radical (unpaired) electrons. The zero-order valence-electron chi connectivity index (χ0n) is 14.6. The van der Waals surface area contributed by atoms with Gasteiger partial charge >= 0.3 is 5.97 Å². The molecule has 5 heteroatoms. The van der Waals surface area contributed by atoms with Crippen LogP contribution in [0.4, 0.5) is 0 Å². The zero-order valence-corrected chi connectivity index (χ0v) is 14.6. The van der Waals surface area contributed by atoms with Crippen LogP contribution in [0.1, 0.15) is 50.5 Å². The third-order valence-corrected chi connectivity index (χ3v) is 5.76. The topological polar surface area (TPSA) is 65.2 Å². The summed E-state index contributed by atoms with van der Waals surface area (Å²) in [5.74, 6) is 2.82. The summed E-state index contributed by atoms with van der Waals surface area (Å²) >= 11 is 0. The number of hydrogen-bond donors (Lipinski definition) is 0. The first-order valence-electron chi connectivity index (χ1n) is 9.28. The summed E-state index contributed by atoms with van der Waals surface area (Å²) in [5.41, 5.74) is 2.17. The second-order valence-corrected chi connectivity index (χ2v) is 7.36. The lowest BCUT2D eigenvalue weighted by Gasteiger charge is -2.20. The van der Waals surface area contributed by atoms with Gasteiger partial charge in [0.05, 0.1) is 0 Å². The Bertz CT molecular complexity index is 738. The Morgan fingerprint density at radius 2 is 2.08 bits per heavy atom. The van der Waals surface area contributed by atoms with E-state index in [9.17, 15) is 4.79 Å². The fourth-order valence-electron chi connectivity index (χ4n) is 4.36. The number of aromatic nitrogens is 2. The van der Waals surface area contributed by atoms with Crippen LogP contribution < -0.4 is 0 Å². The van der Waals surface area contributed by atoms with E-state index in [0.717, 1.165) is 23.8 Å². The molecule has 25 heavy (non-hydrogen) atoms. The van der Waals surface area contributed by atoms with Crippen molar-refractivity contribution >= 4 is 5.97 Å². The molecule has 2 bridgehead atoms. The highest BCUT2D eigenvalue weighted by molar-refractivity contribution is 5.69. The lowest BCUT2D eigenvalue weighted by Crippen LogP contribution is -2.17. The van der Waals surface area contributed by atoms with Crippen molar-refractivity contribution in [3.8, 4) is 11.4 Å². The first-order chi connectivity index (χ1) is 12.2. The summed E-state index contributed by atoms with van der Waals surface area (Å²) in [6.45, 7) is 2.17. The highest BCUT2D eigenvalue weighted by atomic mass is 16.6. The second-order valence-electron chi connectivity index (χ2n) is 7.36. The highest BCUT2D eigenvalue weighted by Crippen LogP contribution is 2.49. The number of ether oxygens (including phenoxy) is 1. The number of aryl methyl sites for hydroxylation is 1. The van der Waals surface area contributed by atoms with Gasteiger partial charge in [-0.15, -0.1) is 0 Å². The van der Waals surface area contributed by atoms with Gasteiger partial charge in [-0.3, -0.25) is 4.79 Å². The number of benzene rings is 1. The van der Waals surface area contributed by atoms with Gasteiger partial charge in [-0.25, -0.2) is 0 Å². The van der Waals surface area contributed by atoms with Crippen molar-refractivity contribution < 1.29 is 14.1 Å². The molecule has 0 saturated heterocycles. The number of rotatable bonds is 6. The van der Waals surface area contributed by atoms with Crippen molar-refractivity contribution in [3.63, 3.8) is 0 Å². The van der Waals surface area contributed by atoms with E-state index >= 15 is 0 Å². The third kappa shape index (κ3) is 3.60. The minimum absolute atomic E-state index is 0.0553. The van der Waals surface area contributed by atoms with Gasteiger partial charge in [-0.2, -0.15) is 4.98 Å². The number of fused-ring (bicyclic) bond motifs is 2. The SMILES string of the molecule is CCc1ccc(-c2noc(COC(=O)C[C@H]3C[C@@H]4CC[C@@H]3C4)n2)cc1. The maximum Gasteiger partial charge on any atom is 0.306 e. The average molecular weight is 340 g/mol. The molecule has 0 amide bonds. The molecule has 2 aromatic rings. The Labute approximate surface area is 147 Å². The molecule has 0 aliphatic heterocycles. The molecule has 0 unspecified atom stereocenters. The molecule has 132 valence electrons. The second kappa shape index (κ2) is 6.98. The van der Waals surface area contributed by atoms with Crippen molar-refractivity contribution in [3.05, 3.63) is 35.7 Å². The summed E-state index contributed by atoms with van der Waals surface area (Å²) in [7, 11) is 0. The van der Waals surface area contributed by atoms with E-state index in [4.69, 9.17) is 9.26 Å². The summed E-state index contributed by atoms with van der Waals surface area (Å²) < 4.78 is 10.6. The van der Waals surface area contributed by atoms with Crippen LogP contribution >= 0.6 is 0 Å². The number of esters is 1. The van der Waals surface area contributed by atoms with Crippen LogP contribution in [0, 0.1) is 17.8 Å². The fraction of sp³-hybridized carbons (Fsp3) is 0.550. The standard InChI is InChI=1S/C20H24N2O3/c1-2-13-3-6-15(7-4-13)20-21-18(25-22-20)12-24-19(23)11-17-10-14-5-8-16(17)9-14/h3-4,6-7,14,16-17H,2,5,8-12H2,1H3/t14-,16-,17-/m1/s1. The normalized spacial score (nSPS) is 24.6. The van der Waals surface area contributed by atoms with Gasteiger partial charge in [0.15, 0.2) is 6.61 Å². The number of carbonyl (C=O) groups excluding carboxylic acids is 1. The number of nitrogens with zero attached hydrogens (tertiary/aromatic N) is 2. The molecule has 2 aliphatic carbocycles. The van der Waals surface area contributed by atoms with E-state index in [2.05, 4.69) is 29.2 Å². The van der Waals surface area contributed by atoms with Crippen LogP contribution in [0.3, 0.4) is 0 Å². The molecule has 3 atom stereocenters. The van der Waals surface area contributed by atoms with E-state index in [1.54, 1.807) is 0 Å². The monoisotopic (exact) mass is 340 g/mol. The molecule has 1 aromatic heterocycles. The Balaban J connectivity index is 1.29. The Morgan fingerprint density at radius 1 is 1.24 bits per heavy atom. The van der Waals surface area contributed by atoms with Gasteiger partial charge in [-0.05, 0) is 49.0 Å². The molecule has 2 saturated carbocycles. The summed E-state index contributed by atoms with van der Waals surface area (Å²) in [6.07, 6.45) is 6.66. The summed E-state index contributed by atoms with van der Waals surface area (Å²) in [4.78, 5) is 16.4. The van der Waals surface area contributed by atoms with Crippen molar-refractivity contribution in [2.75, 3.05) is 0 Å². The minimum Gasteiger partial charge on any atom is -0.456 e. The van der Waals surface area contributed by atoms with Gasteiger partial charge in [-0.1, -0.05) is 42.8 Å². The van der Waals surface area contributed by atoms with E-state index in [1.807, 2.05) is 12.1 Å². The summed E-state index contributed by atoms with van der Waals surface area (Å²) in [5, 5.41) is 3.98. The van der Waals surface area contributed by atoms with Crippen LogP contribution in [0.15, 0.2) is 28.8 Å².